The second-order valence-electron chi connectivity index (χ2n) is 5.65. The van der Waals surface area contributed by atoms with E-state index in [0.29, 0.717) is 6.54 Å². The highest BCUT2D eigenvalue weighted by atomic mass is 16.2. The third-order valence-electron chi connectivity index (χ3n) is 4.16. The largest absolute Gasteiger partial charge is 0.342 e. The van der Waals surface area contributed by atoms with E-state index in [1.54, 1.807) is 4.90 Å². The Morgan fingerprint density at radius 3 is 2.76 bits per heavy atom. The van der Waals surface area contributed by atoms with Crippen molar-refractivity contribution in [1.82, 2.24) is 10.2 Å². The summed E-state index contributed by atoms with van der Waals surface area (Å²) >= 11 is 0. The van der Waals surface area contributed by atoms with Gasteiger partial charge in [0, 0.05) is 13.0 Å². The lowest BCUT2D eigenvalue weighted by Gasteiger charge is -2.34. The fraction of sp³-hybridized carbons (Fsp3) is 0.750. The van der Waals surface area contributed by atoms with Gasteiger partial charge < -0.3 is 10.2 Å². The second kappa shape index (κ2) is 3.31. The summed E-state index contributed by atoms with van der Waals surface area (Å²) in [7, 11) is 0. The van der Waals surface area contributed by atoms with Crippen molar-refractivity contribution in [2.75, 3.05) is 6.54 Å². The van der Waals surface area contributed by atoms with Gasteiger partial charge in [-0.2, -0.15) is 0 Å². The van der Waals surface area contributed by atoms with Gasteiger partial charge in [-0.3, -0.25) is 14.4 Å². The van der Waals surface area contributed by atoms with Crippen LogP contribution in [-0.2, 0) is 14.4 Å². The van der Waals surface area contributed by atoms with Crippen LogP contribution < -0.4 is 5.32 Å². The van der Waals surface area contributed by atoms with Crippen molar-refractivity contribution in [1.29, 1.82) is 0 Å². The maximum atomic E-state index is 12.2. The SMILES string of the molecule is CC(=O)C[C@@H]1NC(=O)C2CC3(CC3)CN2C1=O. The minimum atomic E-state index is -0.634. The van der Waals surface area contributed by atoms with E-state index in [1.165, 1.54) is 6.92 Å². The van der Waals surface area contributed by atoms with Crippen molar-refractivity contribution in [3.63, 3.8) is 0 Å². The Hall–Kier alpha value is -1.39. The van der Waals surface area contributed by atoms with Crippen molar-refractivity contribution in [2.45, 2.75) is 44.7 Å². The number of piperazine rings is 1. The molecule has 5 heteroatoms. The molecular weight excluding hydrogens is 220 g/mol. The molecule has 1 spiro atoms. The molecule has 0 aromatic heterocycles. The average molecular weight is 236 g/mol. The smallest absolute Gasteiger partial charge is 0.246 e. The summed E-state index contributed by atoms with van der Waals surface area (Å²) in [6.07, 6.45) is 3.16. The Kier molecular flexibility index (Phi) is 2.09. The van der Waals surface area contributed by atoms with Crippen LogP contribution in [0.5, 0.6) is 0 Å². The quantitative estimate of drug-likeness (QED) is 0.724. The second-order valence-corrected chi connectivity index (χ2v) is 5.65. The average Bonchev–Trinajstić information content (AvgIpc) is 2.85. The summed E-state index contributed by atoms with van der Waals surface area (Å²) < 4.78 is 0. The first-order chi connectivity index (χ1) is 8.01. The lowest BCUT2D eigenvalue weighted by atomic mass is 10.0. The van der Waals surface area contributed by atoms with Gasteiger partial charge in [0.25, 0.3) is 0 Å². The van der Waals surface area contributed by atoms with Crippen molar-refractivity contribution in [3.8, 4) is 0 Å². The molecule has 2 heterocycles. The van der Waals surface area contributed by atoms with E-state index in [0.717, 1.165) is 19.3 Å². The molecule has 0 aromatic rings. The molecule has 3 rings (SSSR count). The monoisotopic (exact) mass is 236 g/mol. The van der Waals surface area contributed by atoms with E-state index < -0.39 is 6.04 Å². The minimum absolute atomic E-state index is 0.0672. The molecule has 2 aliphatic heterocycles. The number of nitrogens with one attached hydrogen (secondary N) is 1. The summed E-state index contributed by atoms with van der Waals surface area (Å²) in [6.45, 7) is 2.15. The molecule has 3 fully saturated rings. The first kappa shape index (κ1) is 10.7. The first-order valence-electron chi connectivity index (χ1n) is 6.11. The highest BCUT2D eigenvalue weighted by Crippen LogP contribution is 2.55. The van der Waals surface area contributed by atoms with E-state index in [4.69, 9.17) is 0 Å². The van der Waals surface area contributed by atoms with Crippen LogP contribution in [0, 0.1) is 5.41 Å². The molecule has 2 amide bonds. The summed E-state index contributed by atoms with van der Waals surface area (Å²) in [6, 6.07) is -0.918. The number of carbonyl (C=O) groups excluding carboxylic acids is 3. The third-order valence-corrected chi connectivity index (χ3v) is 4.16. The van der Waals surface area contributed by atoms with Crippen LogP contribution in [0.15, 0.2) is 0 Å². The number of fused-ring (bicyclic) bond motifs is 1. The molecule has 1 saturated carbocycles. The third kappa shape index (κ3) is 1.64. The molecule has 1 N–H and O–H groups in total. The van der Waals surface area contributed by atoms with Gasteiger partial charge in [-0.1, -0.05) is 0 Å². The van der Waals surface area contributed by atoms with Crippen LogP contribution >= 0.6 is 0 Å². The van der Waals surface area contributed by atoms with Crippen molar-refractivity contribution in [3.05, 3.63) is 0 Å². The molecular formula is C12H16N2O3. The number of hydrogen-bond donors (Lipinski definition) is 1. The number of Topliss-reactive ketones (excluding diaryl/α,β-unsaturated/α-hetero) is 1. The van der Waals surface area contributed by atoms with Crippen LogP contribution in [0.1, 0.15) is 32.6 Å². The summed E-state index contributed by atoms with van der Waals surface area (Å²) in [5, 5.41) is 2.68. The van der Waals surface area contributed by atoms with E-state index in [-0.39, 0.29) is 35.5 Å². The number of rotatable bonds is 2. The maximum Gasteiger partial charge on any atom is 0.246 e. The molecule has 92 valence electrons. The summed E-state index contributed by atoms with van der Waals surface area (Å²) in [5.41, 5.74) is 0.225. The van der Waals surface area contributed by atoms with Gasteiger partial charge >= 0.3 is 0 Å². The minimum Gasteiger partial charge on any atom is -0.342 e. The van der Waals surface area contributed by atoms with Crippen LogP contribution in [0.4, 0.5) is 0 Å². The van der Waals surface area contributed by atoms with Gasteiger partial charge in [-0.15, -0.1) is 0 Å². The zero-order valence-electron chi connectivity index (χ0n) is 9.86. The number of amides is 2. The van der Waals surface area contributed by atoms with Crippen molar-refractivity contribution >= 4 is 17.6 Å². The Morgan fingerprint density at radius 2 is 2.18 bits per heavy atom. The van der Waals surface area contributed by atoms with Crippen LogP contribution in [-0.4, -0.2) is 41.1 Å². The molecule has 0 aromatic carbocycles. The molecule has 0 bridgehead atoms. The molecule has 0 radical (unpaired) electrons. The van der Waals surface area contributed by atoms with Crippen molar-refractivity contribution < 1.29 is 14.4 Å². The normalized spacial score (nSPS) is 33.6. The van der Waals surface area contributed by atoms with Crippen LogP contribution in [0.25, 0.3) is 0 Å². The van der Waals surface area contributed by atoms with E-state index >= 15 is 0 Å². The fourth-order valence-electron chi connectivity index (χ4n) is 3.02. The van der Waals surface area contributed by atoms with E-state index in [1.807, 2.05) is 0 Å². The number of hydrogen-bond acceptors (Lipinski definition) is 3. The highest BCUT2D eigenvalue weighted by molar-refractivity contribution is 5.99. The number of carbonyl (C=O) groups is 3. The standard InChI is InChI=1S/C12H16N2O3/c1-7(15)4-8-11(17)14-6-12(2-3-12)5-9(14)10(16)13-8/h8-9H,2-6H2,1H3,(H,13,16)/t8-,9?/m0/s1. The Morgan fingerprint density at radius 1 is 1.47 bits per heavy atom. The Balaban J connectivity index is 1.80. The summed E-state index contributed by atoms with van der Waals surface area (Å²) in [4.78, 5) is 36.8. The predicted molar refractivity (Wildman–Crippen MR) is 59.0 cm³/mol. The molecule has 2 atom stereocenters. The lowest BCUT2D eigenvalue weighted by molar-refractivity contribution is -0.148. The Labute approximate surface area is 99.5 Å². The zero-order chi connectivity index (χ0) is 12.2. The Bertz CT molecular complexity index is 414. The van der Waals surface area contributed by atoms with Gasteiger partial charge in [-0.25, -0.2) is 0 Å². The maximum absolute atomic E-state index is 12.2. The highest BCUT2D eigenvalue weighted by Gasteiger charge is 2.57. The molecule has 17 heavy (non-hydrogen) atoms. The van der Waals surface area contributed by atoms with Crippen LogP contribution in [0.2, 0.25) is 0 Å². The van der Waals surface area contributed by atoms with Gasteiger partial charge in [-0.05, 0) is 31.6 Å². The van der Waals surface area contributed by atoms with E-state index in [2.05, 4.69) is 5.32 Å². The topological polar surface area (TPSA) is 66.5 Å². The van der Waals surface area contributed by atoms with Gasteiger partial charge in [0.05, 0.1) is 0 Å². The van der Waals surface area contributed by atoms with Crippen LogP contribution in [0.3, 0.4) is 0 Å². The first-order valence-corrected chi connectivity index (χ1v) is 6.11. The van der Waals surface area contributed by atoms with Gasteiger partial charge in [0.15, 0.2) is 0 Å². The molecule has 3 aliphatic rings. The molecule has 5 nitrogen and oxygen atoms in total. The zero-order valence-corrected chi connectivity index (χ0v) is 9.86. The van der Waals surface area contributed by atoms with Gasteiger partial charge in [0.2, 0.25) is 11.8 Å². The lowest BCUT2D eigenvalue weighted by Crippen LogP contribution is -2.61. The summed E-state index contributed by atoms with van der Waals surface area (Å²) in [5.74, 6) is -0.226. The number of nitrogens with zero attached hydrogens (tertiary/aromatic N) is 1. The van der Waals surface area contributed by atoms with E-state index in [9.17, 15) is 14.4 Å². The molecule has 1 unspecified atom stereocenters. The van der Waals surface area contributed by atoms with Gasteiger partial charge in [0.1, 0.15) is 17.9 Å². The molecule has 2 saturated heterocycles. The predicted octanol–water partition coefficient (Wildman–Crippen LogP) is -0.155. The fourth-order valence-corrected chi connectivity index (χ4v) is 3.02. The molecule has 1 aliphatic carbocycles. The number of ketones is 1. The van der Waals surface area contributed by atoms with Crippen molar-refractivity contribution in [2.24, 2.45) is 5.41 Å².